The summed E-state index contributed by atoms with van der Waals surface area (Å²) in [5.41, 5.74) is 6.50. The summed E-state index contributed by atoms with van der Waals surface area (Å²) in [7, 11) is 1.60. The number of nitrogen functional groups attached to an aromatic ring is 1. The molecule has 0 saturated carbocycles. The number of aryl methyl sites for hydroxylation is 1. The molecule has 106 valence electrons. The standard InChI is InChI=1S/C12H14N4O3S/c1-19-8-2-3-9(13)11(6-8)20-5-4-16-7-10(12(17)18)14-15-16/h2-3,6-7H,4-5,13H2,1H3,(H,17,18). The van der Waals surface area contributed by atoms with Crippen LogP contribution in [0.15, 0.2) is 29.3 Å². The number of methoxy groups -OCH3 is 1. The van der Waals surface area contributed by atoms with E-state index in [0.717, 1.165) is 10.6 Å². The first-order valence-electron chi connectivity index (χ1n) is 5.80. The molecule has 0 unspecified atom stereocenters. The number of rotatable bonds is 6. The van der Waals surface area contributed by atoms with Crippen molar-refractivity contribution in [1.82, 2.24) is 15.0 Å². The first-order valence-corrected chi connectivity index (χ1v) is 6.78. The Morgan fingerprint density at radius 2 is 2.35 bits per heavy atom. The predicted molar refractivity (Wildman–Crippen MR) is 75.1 cm³/mol. The number of benzene rings is 1. The molecule has 1 heterocycles. The zero-order valence-corrected chi connectivity index (χ0v) is 11.6. The SMILES string of the molecule is COc1ccc(N)c(SCCn2cc(C(=O)O)nn2)c1. The summed E-state index contributed by atoms with van der Waals surface area (Å²) < 4.78 is 6.64. The van der Waals surface area contributed by atoms with Crippen LogP contribution in [0.4, 0.5) is 5.69 Å². The molecule has 0 radical (unpaired) electrons. The third kappa shape index (κ3) is 3.41. The van der Waals surface area contributed by atoms with Crippen LogP contribution >= 0.6 is 11.8 Å². The zero-order valence-electron chi connectivity index (χ0n) is 10.8. The largest absolute Gasteiger partial charge is 0.497 e. The fraction of sp³-hybridized carbons (Fsp3) is 0.250. The van der Waals surface area contributed by atoms with Gasteiger partial charge < -0.3 is 15.6 Å². The van der Waals surface area contributed by atoms with E-state index in [1.54, 1.807) is 31.0 Å². The Balaban J connectivity index is 1.93. The fourth-order valence-electron chi connectivity index (χ4n) is 1.52. The van der Waals surface area contributed by atoms with Gasteiger partial charge in [-0.2, -0.15) is 0 Å². The van der Waals surface area contributed by atoms with Crippen molar-refractivity contribution in [3.63, 3.8) is 0 Å². The van der Waals surface area contributed by atoms with E-state index in [0.29, 0.717) is 18.0 Å². The first kappa shape index (κ1) is 14.2. The summed E-state index contributed by atoms with van der Waals surface area (Å²) in [5, 5.41) is 16.0. The Morgan fingerprint density at radius 1 is 1.55 bits per heavy atom. The molecule has 1 aromatic heterocycles. The highest BCUT2D eigenvalue weighted by Gasteiger charge is 2.08. The first-order chi connectivity index (χ1) is 9.60. The van der Waals surface area contributed by atoms with Gasteiger partial charge in [-0.1, -0.05) is 5.21 Å². The summed E-state index contributed by atoms with van der Waals surface area (Å²) >= 11 is 1.55. The van der Waals surface area contributed by atoms with E-state index in [1.807, 2.05) is 6.07 Å². The lowest BCUT2D eigenvalue weighted by Crippen LogP contribution is -2.02. The molecule has 1 aromatic carbocycles. The minimum absolute atomic E-state index is 0.0594. The Hall–Kier alpha value is -2.22. The van der Waals surface area contributed by atoms with Gasteiger partial charge in [0.25, 0.3) is 0 Å². The lowest BCUT2D eigenvalue weighted by molar-refractivity contribution is 0.0690. The van der Waals surface area contributed by atoms with Gasteiger partial charge in [0.15, 0.2) is 5.69 Å². The average Bonchev–Trinajstić information content (AvgIpc) is 2.90. The van der Waals surface area contributed by atoms with Crippen molar-refractivity contribution in [2.45, 2.75) is 11.4 Å². The number of carbonyl (C=O) groups is 1. The van der Waals surface area contributed by atoms with Crippen molar-refractivity contribution in [2.24, 2.45) is 0 Å². The van der Waals surface area contributed by atoms with Crippen LogP contribution in [0, 0.1) is 0 Å². The molecule has 0 fully saturated rings. The Kier molecular flexibility index (Phi) is 4.46. The third-order valence-electron chi connectivity index (χ3n) is 2.56. The Morgan fingerprint density at radius 3 is 3.00 bits per heavy atom. The number of aromatic nitrogens is 3. The number of anilines is 1. The molecular weight excluding hydrogens is 280 g/mol. The molecule has 0 amide bonds. The van der Waals surface area contributed by atoms with Gasteiger partial charge in [-0.05, 0) is 18.2 Å². The summed E-state index contributed by atoms with van der Waals surface area (Å²) in [6.45, 7) is 0.543. The summed E-state index contributed by atoms with van der Waals surface area (Å²) in [6, 6.07) is 5.46. The van der Waals surface area contributed by atoms with Crippen molar-refractivity contribution in [2.75, 3.05) is 18.6 Å². The van der Waals surface area contributed by atoms with Gasteiger partial charge in [0.1, 0.15) is 5.75 Å². The van der Waals surface area contributed by atoms with Gasteiger partial charge in [0.2, 0.25) is 0 Å². The van der Waals surface area contributed by atoms with E-state index in [4.69, 9.17) is 15.6 Å². The van der Waals surface area contributed by atoms with Crippen LogP contribution in [0.25, 0.3) is 0 Å². The molecule has 20 heavy (non-hydrogen) atoms. The molecule has 0 atom stereocenters. The second kappa shape index (κ2) is 6.29. The van der Waals surface area contributed by atoms with Gasteiger partial charge >= 0.3 is 5.97 Å². The normalized spacial score (nSPS) is 10.4. The van der Waals surface area contributed by atoms with E-state index in [9.17, 15) is 4.79 Å². The molecule has 0 aliphatic rings. The zero-order chi connectivity index (χ0) is 14.5. The lowest BCUT2D eigenvalue weighted by atomic mass is 10.3. The van der Waals surface area contributed by atoms with Crippen LogP contribution in [0.2, 0.25) is 0 Å². The molecule has 2 rings (SSSR count). The molecule has 0 aliphatic heterocycles. The van der Waals surface area contributed by atoms with Gasteiger partial charge in [-0.25, -0.2) is 4.79 Å². The van der Waals surface area contributed by atoms with Crippen molar-refractivity contribution >= 4 is 23.4 Å². The number of ether oxygens (including phenoxy) is 1. The average molecular weight is 294 g/mol. The molecule has 3 N–H and O–H groups in total. The van der Waals surface area contributed by atoms with Crippen LogP contribution < -0.4 is 10.5 Å². The lowest BCUT2D eigenvalue weighted by Gasteiger charge is -2.07. The molecular formula is C12H14N4O3S. The number of hydrogen-bond donors (Lipinski definition) is 2. The van der Waals surface area contributed by atoms with Crippen LogP contribution in [-0.2, 0) is 6.54 Å². The van der Waals surface area contributed by atoms with E-state index < -0.39 is 5.97 Å². The quantitative estimate of drug-likeness (QED) is 0.612. The minimum atomic E-state index is -1.08. The molecule has 7 nitrogen and oxygen atoms in total. The Labute approximate surface area is 119 Å². The number of aromatic carboxylic acids is 1. The van der Waals surface area contributed by atoms with Crippen LogP contribution in [0.3, 0.4) is 0 Å². The molecule has 0 aliphatic carbocycles. The smallest absolute Gasteiger partial charge is 0.358 e. The molecule has 0 spiro atoms. The maximum absolute atomic E-state index is 10.7. The van der Waals surface area contributed by atoms with Crippen LogP contribution in [0.1, 0.15) is 10.5 Å². The van der Waals surface area contributed by atoms with E-state index >= 15 is 0 Å². The number of nitrogens with two attached hydrogens (primary N) is 1. The van der Waals surface area contributed by atoms with E-state index in [1.165, 1.54) is 10.9 Å². The second-order valence-corrected chi connectivity index (χ2v) is 5.06. The van der Waals surface area contributed by atoms with Crippen molar-refractivity contribution in [3.05, 3.63) is 30.1 Å². The van der Waals surface area contributed by atoms with Crippen LogP contribution in [-0.4, -0.2) is 38.9 Å². The molecule has 0 saturated heterocycles. The van der Waals surface area contributed by atoms with Gasteiger partial charge in [0.05, 0.1) is 19.9 Å². The Bertz CT molecular complexity index is 614. The summed E-state index contributed by atoms with van der Waals surface area (Å²) in [4.78, 5) is 11.6. The predicted octanol–water partition coefficient (Wildman–Crippen LogP) is 1.36. The highest BCUT2D eigenvalue weighted by Crippen LogP contribution is 2.29. The minimum Gasteiger partial charge on any atom is -0.497 e. The van der Waals surface area contributed by atoms with Crippen molar-refractivity contribution < 1.29 is 14.6 Å². The number of carboxylic acid groups (broad SMARTS) is 1. The summed E-state index contributed by atoms with van der Waals surface area (Å²) in [6.07, 6.45) is 1.40. The maximum atomic E-state index is 10.7. The van der Waals surface area contributed by atoms with Gasteiger partial charge in [-0.3, -0.25) is 4.68 Å². The highest BCUT2D eigenvalue weighted by atomic mass is 32.2. The molecule has 2 aromatic rings. The molecule has 8 heteroatoms. The number of carboxylic acids is 1. The third-order valence-corrected chi connectivity index (χ3v) is 3.61. The monoisotopic (exact) mass is 294 g/mol. The van der Waals surface area contributed by atoms with Crippen LogP contribution in [0.5, 0.6) is 5.75 Å². The number of thioether (sulfide) groups is 1. The fourth-order valence-corrected chi connectivity index (χ4v) is 2.45. The van der Waals surface area contributed by atoms with Crippen molar-refractivity contribution in [3.8, 4) is 5.75 Å². The number of nitrogens with zero attached hydrogens (tertiary/aromatic N) is 3. The topological polar surface area (TPSA) is 103 Å². The van der Waals surface area contributed by atoms with Crippen molar-refractivity contribution in [1.29, 1.82) is 0 Å². The highest BCUT2D eigenvalue weighted by molar-refractivity contribution is 7.99. The molecule has 0 bridgehead atoms. The van der Waals surface area contributed by atoms with E-state index in [-0.39, 0.29) is 5.69 Å². The number of hydrogen-bond acceptors (Lipinski definition) is 6. The van der Waals surface area contributed by atoms with Gasteiger partial charge in [-0.15, -0.1) is 16.9 Å². The summed E-state index contributed by atoms with van der Waals surface area (Å²) in [5.74, 6) is 0.358. The van der Waals surface area contributed by atoms with Gasteiger partial charge in [0, 0.05) is 16.3 Å². The van der Waals surface area contributed by atoms with E-state index in [2.05, 4.69) is 10.3 Å². The second-order valence-electron chi connectivity index (χ2n) is 3.92. The maximum Gasteiger partial charge on any atom is 0.358 e.